The predicted molar refractivity (Wildman–Crippen MR) is 136 cm³/mol. The van der Waals surface area contributed by atoms with Crippen molar-refractivity contribution in [3.8, 4) is 22.8 Å². The van der Waals surface area contributed by atoms with Crippen LogP contribution >= 0.6 is 27.7 Å². The molecule has 0 unspecified atom stereocenters. The Kier molecular flexibility index (Phi) is 7.47. The van der Waals surface area contributed by atoms with E-state index < -0.39 is 0 Å². The minimum absolute atomic E-state index is 0.120. The number of aromatic nitrogens is 3. The Bertz CT molecular complexity index is 1260. The molecule has 0 saturated carbocycles. The molecule has 0 aliphatic heterocycles. The van der Waals surface area contributed by atoms with E-state index in [0.29, 0.717) is 11.8 Å². The first-order valence-electron chi connectivity index (χ1n) is 10.5. The lowest BCUT2D eigenvalue weighted by Gasteiger charge is -2.12. The second-order valence-corrected chi connectivity index (χ2v) is 9.05. The fraction of sp³-hybridized carbons (Fsp3) is 0.160. The first kappa shape index (κ1) is 23.1. The molecule has 1 amide bonds. The van der Waals surface area contributed by atoms with Gasteiger partial charge in [-0.05, 0) is 72.2 Å². The molecule has 0 radical (unpaired) electrons. The van der Waals surface area contributed by atoms with Crippen LogP contribution in [-0.2, 0) is 4.79 Å². The maximum Gasteiger partial charge on any atom is 0.234 e. The Morgan fingerprint density at radius 2 is 1.85 bits per heavy atom. The van der Waals surface area contributed by atoms with Gasteiger partial charge in [-0.25, -0.2) is 0 Å². The molecule has 3 aromatic carbocycles. The molecule has 0 spiro atoms. The zero-order chi connectivity index (χ0) is 23.2. The predicted octanol–water partition coefficient (Wildman–Crippen LogP) is 6.13. The van der Waals surface area contributed by atoms with Crippen molar-refractivity contribution in [2.45, 2.75) is 19.0 Å². The average Bonchev–Trinajstić information content (AvgIpc) is 3.24. The molecular weight excluding hydrogens is 500 g/mol. The Balaban J connectivity index is 1.62. The zero-order valence-electron chi connectivity index (χ0n) is 18.3. The summed E-state index contributed by atoms with van der Waals surface area (Å²) in [5.74, 6) is 1.60. The van der Waals surface area contributed by atoms with Crippen LogP contribution in [0, 0.1) is 6.92 Å². The lowest BCUT2D eigenvalue weighted by Crippen LogP contribution is -2.15. The van der Waals surface area contributed by atoms with Gasteiger partial charge in [-0.15, -0.1) is 10.2 Å². The second kappa shape index (κ2) is 10.7. The minimum atomic E-state index is -0.120. The van der Waals surface area contributed by atoms with Crippen LogP contribution < -0.4 is 10.1 Å². The lowest BCUT2D eigenvalue weighted by molar-refractivity contribution is -0.113. The van der Waals surface area contributed by atoms with Crippen molar-refractivity contribution in [1.82, 2.24) is 14.8 Å². The lowest BCUT2D eigenvalue weighted by atomic mass is 10.1. The molecule has 33 heavy (non-hydrogen) atoms. The van der Waals surface area contributed by atoms with Crippen LogP contribution in [0.15, 0.2) is 82.4 Å². The number of amides is 1. The number of carbonyl (C=O) groups excluding carboxylic acids is 1. The normalized spacial score (nSPS) is 10.8. The Labute approximate surface area is 205 Å². The Morgan fingerprint density at radius 1 is 1.06 bits per heavy atom. The largest absolute Gasteiger partial charge is 0.494 e. The highest BCUT2D eigenvalue weighted by molar-refractivity contribution is 9.10. The number of carbonyl (C=O) groups is 1. The number of aryl methyl sites for hydroxylation is 1. The number of benzene rings is 3. The minimum Gasteiger partial charge on any atom is -0.494 e. The van der Waals surface area contributed by atoms with Crippen LogP contribution in [0.1, 0.15) is 12.5 Å². The molecule has 8 heteroatoms. The summed E-state index contributed by atoms with van der Waals surface area (Å²) in [6.45, 7) is 4.61. The van der Waals surface area contributed by atoms with Crippen LogP contribution in [0.3, 0.4) is 0 Å². The first-order valence-corrected chi connectivity index (χ1v) is 12.3. The quantitative estimate of drug-likeness (QED) is 0.281. The summed E-state index contributed by atoms with van der Waals surface area (Å²) in [7, 11) is 0. The standard InChI is InChI=1S/C25H23BrN4O2S/c1-3-32-20-13-11-19(12-14-20)30-24(18-8-6-7-17(2)15-18)28-29-25(30)33-16-23(31)27-22-10-5-4-9-21(22)26/h4-15H,3,16H2,1-2H3,(H,27,31). The van der Waals surface area contributed by atoms with Crippen molar-refractivity contribution < 1.29 is 9.53 Å². The van der Waals surface area contributed by atoms with E-state index in [1.165, 1.54) is 11.8 Å². The van der Waals surface area contributed by atoms with Crippen molar-refractivity contribution in [2.24, 2.45) is 0 Å². The highest BCUT2D eigenvalue weighted by Gasteiger charge is 2.18. The van der Waals surface area contributed by atoms with Gasteiger partial charge < -0.3 is 10.1 Å². The van der Waals surface area contributed by atoms with Crippen molar-refractivity contribution in [3.05, 3.63) is 82.8 Å². The molecule has 0 aliphatic carbocycles. The number of thioether (sulfide) groups is 1. The van der Waals surface area contributed by atoms with Crippen LogP contribution in [0.4, 0.5) is 5.69 Å². The fourth-order valence-corrected chi connectivity index (χ4v) is 4.44. The molecule has 4 rings (SSSR count). The van der Waals surface area contributed by atoms with Gasteiger partial charge in [-0.2, -0.15) is 0 Å². The number of para-hydroxylation sites is 1. The van der Waals surface area contributed by atoms with Crippen molar-refractivity contribution >= 4 is 39.3 Å². The molecule has 0 fully saturated rings. The van der Waals surface area contributed by atoms with E-state index in [9.17, 15) is 4.79 Å². The molecule has 0 aliphatic rings. The number of nitrogens with zero attached hydrogens (tertiary/aromatic N) is 3. The third-order valence-corrected chi connectivity index (χ3v) is 6.42. The number of halogens is 1. The average molecular weight is 523 g/mol. The SMILES string of the molecule is CCOc1ccc(-n2c(SCC(=O)Nc3ccccc3Br)nnc2-c2cccc(C)c2)cc1. The number of hydrogen-bond acceptors (Lipinski definition) is 5. The van der Waals surface area contributed by atoms with E-state index in [0.717, 1.165) is 38.5 Å². The molecule has 6 nitrogen and oxygen atoms in total. The smallest absolute Gasteiger partial charge is 0.234 e. The number of ether oxygens (including phenoxy) is 1. The van der Waals surface area contributed by atoms with Gasteiger partial charge in [0, 0.05) is 15.7 Å². The van der Waals surface area contributed by atoms with Crippen molar-refractivity contribution in [3.63, 3.8) is 0 Å². The Hall–Kier alpha value is -3.10. The van der Waals surface area contributed by atoms with Gasteiger partial charge >= 0.3 is 0 Å². The molecule has 1 aromatic heterocycles. The summed E-state index contributed by atoms with van der Waals surface area (Å²) in [5.41, 5.74) is 3.72. The molecule has 0 bridgehead atoms. The van der Waals surface area contributed by atoms with Gasteiger partial charge in [0.05, 0.1) is 18.0 Å². The maximum atomic E-state index is 12.6. The summed E-state index contributed by atoms with van der Waals surface area (Å²) in [6.07, 6.45) is 0. The first-order chi connectivity index (χ1) is 16.0. The van der Waals surface area contributed by atoms with E-state index in [1.807, 2.05) is 85.1 Å². The topological polar surface area (TPSA) is 69.0 Å². The molecule has 0 atom stereocenters. The van der Waals surface area contributed by atoms with Gasteiger partial charge in [-0.1, -0.05) is 47.7 Å². The summed E-state index contributed by atoms with van der Waals surface area (Å²) in [4.78, 5) is 12.6. The van der Waals surface area contributed by atoms with Gasteiger partial charge in [0.1, 0.15) is 5.75 Å². The van der Waals surface area contributed by atoms with Crippen LogP contribution in [0.2, 0.25) is 0 Å². The molecular formula is C25H23BrN4O2S. The zero-order valence-corrected chi connectivity index (χ0v) is 20.7. The van der Waals surface area contributed by atoms with E-state index in [4.69, 9.17) is 4.74 Å². The number of anilines is 1. The second-order valence-electron chi connectivity index (χ2n) is 7.25. The van der Waals surface area contributed by atoms with Gasteiger partial charge in [0.2, 0.25) is 5.91 Å². The number of nitrogens with one attached hydrogen (secondary N) is 1. The van der Waals surface area contributed by atoms with Gasteiger partial charge in [0.15, 0.2) is 11.0 Å². The van der Waals surface area contributed by atoms with Gasteiger partial charge in [0.25, 0.3) is 0 Å². The summed E-state index contributed by atoms with van der Waals surface area (Å²) in [6, 6.07) is 23.4. The van der Waals surface area contributed by atoms with Crippen molar-refractivity contribution in [2.75, 3.05) is 17.7 Å². The highest BCUT2D eigenvalue weighted by Crippen LogP contribution is 2.30. The van der Waals surface area contributed by atoms with E-state index >= 15 is 0 Å². The van der Waals surface area contributed by atoms with Gasteiger partial charge in [-0.3, -0.25) is 9.36 Å². The third-order valence-electron chi connectivity index (χ3n) is 4.80. The summed E-state index contributed by atoms with van der Waals surface area (Å²) < 4.78 is 8.39. The third kappa shape index (κ3) is 5.64. The summed E-state index contributed by atoms with van der Waals surface area (Å²) in [5, 5.41) is 12.4. The van der Waals surface area contributed by atoms with Crippen LogP contribution in [0.5, 0.6) is 5.75 Å². The monoisotopic (exact) mass is 522 g/mol. The van der Waals surface area contributed by atoms with E-state index in [-0.39, 0.29) is 11.7 Å². The Morgan fingerprint density at radius 3 is 2.58 bits per heavy atom. The fourth-order valence-electron chi connectivity index (χ4n) is 3.30. The van der Waals surface area contributed by atoms with Crippen LogP contribution in [-0.4, -0.2) is 33.0 Å². The molecule has 168 valence electrons. The van der Waals surface area contributed by atoms with E-state index in [1.54, 1.807) is 0 Å². The molecule has 1 heterocycles. The highest BCUT2D eigenvalue weighted by atomic mass is 79.9. The number of hydrogen-bond donors (Lipinski definition) is 1. The van der Waals surface area contributed by atoms with E-state index in [2.05, 4.69) is 37.5 Å². The summed E-state index contributed by atoms with van der Waals surface area (Å²) >= 11 is 4.80. The maximum absolute atomic E-state index is 12.6. The molecule has 0 saturated heterocycles. The molecule has 1 N–H and O–H groups in total. The number of rotatable bonds is 8. The van der Waals surface area contributed by atoms with Crippen LogP contribution in [0.25, 0.3) is 17.1 Å². The molecule has 4 aromatic rings. The van der Waals surface area contributed by atoms with Crippen molar-refractivity contribution in [1.29, 1.82) is 0 Å².